The zero-order valence-electron chi connectivity index (χ0n) is 9.38. The van der Waals surface area contributed by atoms with E-state index >= 15 is 0 Å². The Morgan fingerprint density at radius 1 is 1.33 bits per heavy atom. The SMILES string of the molecule is COc1ccc(-c2[nH]ncc2N)cc1C(F)(F)F. The van der Waals surface area contributed by atoms with E-state index in [-0.39, 0.29) is 11.4 Å². The van der Waals surface area contributed by atoms with Crippen LogP contribution >= 0.6 is 0 Å². The quantitative estimate of drug-likeness (QED) is 0.869. The molecule has 0 bridgehead atoms. The van der Waals surface area contributed by atoms with Crippen molar-refractivity contribution in [3.8, 4) is 17.0 Å². The molecular weight excluding hydrogens is 247 g/mol. The molecule has 96 valence electrons. The Morgan fingerprint density at radius 2 is 2.06 bits per heavy atom. The van der Waals surface area contributed by atoms with Gasteiger partial charge in [-0.15, -0.1) is 0 Å². The van der Waals surface area contributed by atoms with Crippen molar-refractivity contribution in [2.75, 3.05) is 12.8 Å². The molecule has 0 saturated carbocycles. The fraction of sp³-hybridized carbons (Fsp3) is 0.182. The third kappa shape index (κ3) is 2.11. The third-order valence-electron chi connectivity index (χ3n) is 2.46. The molecular formula is C11H10F3N3O. The van der Waals surface area contributed by atoms with Gasteiger partial charge in [0.15, 0.2) is 0 Å². The van der Waals surface area contributed by atoms with Gasteiger partial charge in [0.05, 0.1) is 30.3 Å². The van der Waals surface area contributed by atoms with Gasteiger partial charge < -0.3 is 10.5 Å². The Balaban J connectivity index is 2.57. The number of aromatic nitrogens is 2. The molecule has 0 saturated heterocycles. The van der Waals surface area contributed by atoms with Crippen LogP contribution in [0.5, 0.6) is 5.75 Å². The van der Waals surface area contributed by atoms with E-state index in [4.69, 9.17) is 10.5 Å². The van der Waals surface area contributed by atoms with E-state index in [1.54, 1.807) is 0 Å². The van der Waals surface area contributed by atoms with Gasteiger partial charge in [-0.05, 0) is 18.2 Å². The van der Waals surface area contributed by atoms with E-state index in [0.29, 0.717) is 11.3 Å². The van der Waals surface area contributed by atoms with E-state index in [1.807, 2.05) is 0 Å². The molecule has 18 heavy (non-hydrogen) atoms. The Bertz CT molecular complexity index is 563. The minimum absolute atomic E-state index is 0.232. The second-order valence-corrected chi connectivity index (χ2v) is 3.61. The Hall–Kier alpha value is -2.18. The lowest BCUT2D eigenvalue weighted by Crippen LogP contribution is -2.07. The zero-order valence-corrected chi connectivity index (χ0v) is 9.38. The zero-order chi connectivity index (χ0) is 13.3. The summed E-state index contributed by atoms with van der Waals surface area (Å²) in [7, 11) is 1.19. The summed E-state index contributed by atoms with van der Waals surface area (Å²) in [6, 6.07) is 3.71. The Morgan fingerprint density at radius 3 is 2.56 bits per heavy atom. The monoisotopic (exact) mass is 257 g/mol. The number of anilines is 1. The molecule has 0 radical (unpaired) electrons. The molecule has 1 aromatic carbocycles. The van der Waals surface area contributed by atoms with E-state index in [1.165, 1.54) is 25.4 Å². The lowest BCUT2D eigenvalue weighted by Gasteiger charge is -2.13. The summed E-state index contributed by atoms with van der Waals surface area (Å²) in [6.45, 7) is 0. The molecule has 0 atom stereocenters. The van der Waals surface area contributed by atoms with Crippen molar-refractivity contribution in [2.24, 2.45) is 0 Å². The van der Waals surface area contributed by atoms with Gasteiger partial charge in [0.25, 0.3) is 0 Å². The van der Waals surface area contributed by atoms with Crippen LogP contribution in [0.3, 0.4) is 0 Å². The first-order chi connectivity index (χ1) is 8.43. The normalized spacial score (nSPS) is 11.6. The molecule has 0 unspecified atom stereocenters. The predicted molar refractivity (Wildman–Crippen MR) is 60.0 cm³/mol. The summed E-state index contributed by atoms with van der Waals surface area (Å²) in [5.41, 5.74) is 5.68. The molecule has 0 fully saturated rings. The van der Waals surface area contributed by atoms with Gasteiger partial charge in [-0.2, -0.15) is 18.3 Å². The van der Waals surface area contributed by atoms with E-state index in [9.17, 15) is 13.2 Å². The number of halogens is 3. The van der Waals surface area contributed by atoms with Crippen LogP contribution in [-0.4, -0.2) is 17.3 Å². The van der Waals surface area contributed by atoms with Crippen molar-refractivity contribution in [2.45, 2.75) is 6.18 Å². The first kappa shape index (κ1) is 12.3. The second-order valence-electron chi connectivity index (χ2n) is 3.61. The largest absolute Gasteiger partial charge is 0.496 e. The lowest BCUT2D eigenvalue weighted by molar-refractivity contribution is -0.138. The highest BCUT2D eigenvalue weighted by atomic mass is 19.4. The summed E-state index contributed by atoms with van der Waals surface area (Å²) < 4.78 is 43.2. The van der Waals surface area contributed by atoms with Crippen LogP contribution in [0.2, 0.25) is 0 Å². The molecule has 2 rings (SSSR count). The van der Waals surface area contributed by atoms with Gasteiger partial charge in [-0.25, -0.2) is 0 Å². The van der Waals surface area contributed by atoms with Crippen LogP contribution in [0.25, 0.3) is 11.3 Å². The molecule has 0 aliphatic heterocycles. The van der Waals surface area contributed by atoms with Crippen molar-refractivity contribution in [3.05, 3.63) is 30.0 Å². The van der Waals surface area contributed by atoms with Crippen LogP contribution in [0.1, 0.15) is 5.56 Å². The third-order valence-corrected chi connectivity index (χ3v) is 2.46. The molecule has 2 aromatic rings. The Labute approximate surface area is 101 Å². The summed E-state index contributed by atoms with van der Waals surface area (Å²) in [5.74, 6) is -0.232. The maximum atomic E-state index is 12.8. The molecule has 0 spiro atoms. The van der Waals surface area contributed by atoms with Crippen molar-refractivity contribution in [1.82, 2.24) is 10.2 Å². The van der Waals surface area contributed by atoms with Gasteiger partial charge in [0.1, 0.15) is 5.75 Å². The minimum Gasteiger partial charge on any atom is -0.496 e. The van der Waals surface area contributed by atoms with Crippen molar-refractivity contribution in [1.29, 1.82) is 0 Å². The lowest BCUT2D eigenvalue weighted by atomic mass is 10.1. The number of nitrogens with two attached hydrogens (primary N) is 1. The summed E-state index contributed by atoms with van der Waals surface area (Å²) in [5, 5.41) is 6.22. The van der Waals surface area contributed by atoms with Crippen LogP contribution < -0.4 is 10.5 Å². The highest BCUT2D eigenvalue weighted by Crippen LogP contribution is 2.38. The highest BCUT2D eigenvalue weighted by molar-refractivity contribution is 5.73. The average Bonchev–Trinajstić information content (AvgIpc) is 2.73. The average molecular weight is 257 g/mol. The summed E-state index contributed by atoms with van der Waals surface area (Å²) in [4.78, 5) is 0. The maximum Gasteiger partial charge on any atom is 0.419 e. The number of hydrogen-bond acceptors (Lipinski definition) is 3. The van der Waals surface area contributed by atoms with Crippen molar-refractivity contribution >= 4 is 5.69 Å². The minimum atomic E-state index is -4.49. The first-order valence-corrected chi connectivity index (χ1v) is 4.98. The molecule has 1 aromatic heterocycles. The van der Waals surface area contributed by atoms with Crippen molar-refractivity contribution < 1.29 is 17.9 Å². The number of benzene rings is 1. The summed E-state index contributed by atoms with van der Waals surface area (Å²) in [6.07, 6.45) is -3.15. The molecule has 1 heterocycles. The highest BCUT2D eigenvalue weighted by Gasteiger charge is 2.34. The summed E-state index contributed by atoms with van der Waals surface area (Å²) >= 11 is 0. The molecule has 7 heteroatoms. The van der Waals surface area contributed by atoms with E-state index in [0.717, 1.165) is 6.07 Å². The Kier molecular flexibility index (Phi) is 2.90. The van der Waals surface area contributed by atoms with Gasteiger partial charge in [-0.1, -0.05) is 0 Å². The molecule has 4 nitrogen and oxygen atoms in total. The van der Waals surface area contributed by atoms with Crippen LogP contribution in [-0.2, 0) is 6.18 Å². The van der Waals surface area contributed by atoms with Crippen LogP contribution in [0.15, 0.2) is 24.4 Å². The number of alkyl halides is 3. The fourth-order valence-corrected chi connectivity index (χ4v) is 1.61. The number of rotatable bonds is 2. The van der Waals surface area contributed by atoms with E-state index in [2.05, 4.69) is 10.2 Å². The van der Waals surface area contributed by atoms with Crippen LogP contribution in [0, 0.1) is 0 Å². The van der Waals surface area contributed by atoms with E-state index < -0.39 is 11.7 Å². The number of methoxy groups -OCH3 is 1. The number of aromatic amines is 1. The number of nitrogens with zero attached hydrogens (tertiary/aromatic N) is 1. The van der Waals surface area contributed by atoms with Gasteiger partial charge in [0.2, 0.25) is 0 Å². The number of nitrogen functional groups attached to an aromatic ring is 1. The van der Waals surface area contributed by atoms with Gasteiger partial charge in [-0.3, -0.25) is 5.10 Å². The van der Waals surface area contributed by atoms with Crippen molar-refractivity contribution in [3.63, 3.8) is 0 Å². The predicted octanol–water partition coefficient (Wildman–Crippen LogP) is 2.69. The van der Waals surface area contributed by atoms with Crippen LogP contribution in [0.4, 0.5) is 18.9 Å². The second kappa shape index (κ2) is 4.25. The van der Waals surface area contributed by atoms with Gasteiger partial charge >= 0.3 is 6.18 Å². The standard InChI is InChI=1S/C11H10F3N3O/c1-18-9-3-2-6(4-7(9)11(12,13)14)10-8(15)5-16-17-10/h2-5H,15H2,1H3,(H,16,17). The molecule has 0 aliphatic rings. The molecule has 3 N–H and O–H groups in total. The van der Waals surface area contributed by atoms with Gasteiger partial charge in [0, 0.05) is 5.56 Å². The molecule has 0 aliphatic carbocycles. The first-order valence-electron chi connectivity index (χ1n) is 4.98. The molecule has 0 amide bonds. The fourth-order valence-electron chi connectivity index (χ4n) is 1.61. The number of hydrogen-bond donors (Lipinski definition) is 2. The topological polar surface area (TPSA) is 63.9 Å². The number of H-pyrrole nitrogens is 1. The maximum absolute atomic E-state index is 12.8. The number of nitrogens with one attached hydrogen (secondary N) is 1. The smallest absolute Gasteiger partial charge is 0.419 e. The number of ether oxygens (including phenoxy) is 1.